The Morgan fingerprint density at radius 3 is 2.43 bits per heavy atom. The van der Waals surface area contributed by atoms with Gasteiger partial charge in [-0.2, -0.15) is 0 Å². The molecule has 0 aliphatic carbocycles. The predicted octanol–water partition coefficient (Wildman–Crippen LogP) is 4.69. The minimum Gasteiger partial charge on any atom is -0.496 e. The summed E-state index contributed by atoms with van der Waals surface area (Å²) in [7, 11) is 3.14. The van der Waals surface area contributed by atoms with Crippen LogP contribution in [-0.4, -0.2) is 37.1 Å². The van der Waals surface area contributed by atoms with Crippen LogP contribution in [0.3, 0.4) is 0 Å². The van der Waals surface area contributed by atoms with Gasteiger partial charge in [0.1, 0.15) is 11.5 Å². The second kappa shape index (κ2) is 11.3. The van der Waals surface area contributed by atoms with E-state index in [-0.39, 0.29) is 11.7 Å². The third kappa shape index (κ3) is 5.42. The Morgan fingerprint density at radius 1 is 1.16 bits per heavy atom. The number of ether oxygens (including phenoxy) is 3. The lowest BCUT2D eigenvalue weighted by Crippen LogP contribution is -2.40. The van der Waals surface area contributed by atoms with Gasteiger partial charge in [0.25, 0.3) is 5.56 Å². The SMILES string of the molecule is COc1cc(OC)c(/C=c2\sc3n(c2=O)[C@H](c2ccc(SC)cc2)C(C(=O)OC(C)C)=C(C)N=3)cc1Br. The van der Waals surface area contributed by atoms with Gasteiger partial charge in [-0.3, -0.25) is 9.36 Å². The van der Waals surface area contributed by atoms with Gasteiger partial charge in [-0.1, -0.05) is 23.5 Å². The zero-order valence-electron chi connectivity index (χ0n) is 21.3. The molecule has 0 bridgehead atoms. The number of rotatable bonds is 7. The molecule has 4 rings (SSSR count). The van der Waals surface area contributed by atoms with Crippen molar-refractivity contribution >= 4 is 51.1 Å². The van der Waals surface area contributed by atoms with Crippen molar-refractivity contribution in [2.24, 2.45) is 4.99 Å². The molecule has 3 aromatic rings. The third-order valence-corrected chi connectivity index (χ3v) is 8.15. The number of thiazole rings is 1. The standard InChI is InChI=1S/C27H27BrN2O5S2/c1-14(2)35-26(32)23-15(3)29-27-30(24(23)16-7-9-18(36-6)10-8-16)25(31)22(37-27)12-17-11-19(28)21(34-5)13-20(17)33-4/h7-14,24H,1-6H3/b22-12-/t24-/m1/s1. The first-order valence-corrected chi connectivity index (χ1v) is 14.3. The van der Waals surface area contributed by atoms with Crippen LogP contribution in [0, 0.1) is 0 Å². The van der Waals surface area contributed by atoms with Gasteiger partial charge in [-0.25, -0.2) is 9.79 Å². The molecule has 0 saturated heterocycles. The molecule has 0 N–H and O–H groups in total. The zero-order chi connectivity index (χ0) is 26.9. The van der Waals surface area contributed by atoms with Crippen LogP contribution in [0.4, 0.5) is 0 Å². The van der Waals surface area contributed by atoms with Crippen LogP contribution in [0.1, 0.15) is 37.9 Å². The number of esters is 1. The van der Waals surface area contributed by atoms with Crippen LogP contribution in [0.15, 0.2) is 66.8 Å². The van der Waals surface area contributed by atoms with E-state index in [0.29, 0.717) is 37.7 Å². The normalized spacial score (nSPS) is 15.5. The summed E-state index contributed by atoms with van der Waals surface area (Å²) in [4.78, 5) is 33.3. The Hall–Kier alpha value is -2.82. The first-order chi connectivity index (χ1) is 17.7. The number of aromatic nitrogens is 1. The number of thioether (sulfide) groups is 1. The molecule has 2 heterocycles. The molecule has 1 atom stereocenters. The average Bonchev–Trinajstić information content (AvgIpc) is 3.17. The lowest BCUT2D eigenvalue weighted by molar-refractivity contribution is -0.143. The highest BCUT2D eigenvalue weighted by Gasteiger charge is 2.33. The molecule has 0 radical (unpaired) electrons. The molecule has 0 amide bonds. The predicted molar refractivity (Wildman–Crippen MR) is 150 cm³/mol. The van der Waals surface area contributed by atoms with Crippen molar-refractivity contribution in [3.8, 4) is 11.5 Å². The Morgan fingerprint density at radius 2 is 1.84 bits per heavy atom. The van der Waals surface area contributed by atoms with Gasteiger partial charge in [0.15, 0.2) is 4.80 Å². The molecule has 1 aromatic heterocycles. The van der Waals surface area contributed by atoms with E-state index in [2.05, 4.69) is 20.9 Å². The molecule has 0 spiro atoms. The molecular weight excluding hydrogens is 576 g/mol. The number of carbonyl (C=O) groups is 1. The van der Waals surface area contributed by atoms with E-state index in [0.717, 1.165) is 14.9 Å². The van der Waals surface area contributed by atoms with E-state index < -0.39 is 12.0 Å². The molecule has 0 unspecified atom stereocenters. The van der Waals surface area contributed by atoms with Crippen molar-refractivity contribution in [2.45, 2.75) is 37.8 Å². The average molecular weight is 604 g/mol. The largest absolute Gasteiger partial charge is 0.496 e. The fourth-order valence-electron chi connectivity index (χ4n) is 4.10. The van der Waals surface area contributed by atoms with Gasteiger partial charge in [0.05, 0.1) is 46.6 Å². The molecule has 0 fully saturated rings. The monoisotopic (exact) mass is 602 g/mol. The maximum atomic E-state index is 13.9. The maximum absolute atomic E-state index is 13.9. The number of fused-ring (bicyclic) bond motifs is 1. The fraction of sp³-hybridized carbons (Fsp3) is 0.296. The lowest BCUT2D eigenvalue weighted by Gasteiger charge is -2.25. The van der Waals surface area contributed by atoms with E-state index in [1.54, 1.807) is 63.5 Å². The number of benzene rings is 2. The second-order valence-electron chi connectivity index (χ2n) is 8.54. The Balaban J connectivity index is 1.95. The highest BCUT2D eigenvalue weighted by atomic mass is 79.9. The summed E-state index contributed by atoms with van der Waals surface area (Å²) >= 11 is 6.39. The third-order valence-electron chi connectivity index (χ3n) is 5.81. The van der Waals surface area contributed by atoms with E-state index >= 15 is 0 Å². The van der Waals surface area contributed by atoms with Gasteiger partial charge in [-0.05, 0) is 72.8 Å². The smallest absolute Gasteiger partial charge is 0.338 e. The van der Waals surface area contributed by atoms with Gasteiger partial charge in [-0.15, -0.1) is 11.8 Å². The first-order valence-electron chi connectivity index (χ1n) is 11.5. The van der Waals surface area contributed by atoms with Gasteiger partial charge < -0.3 is 14.2 Å². The summed E-state index contributed by atoms with van der Waals surface area (Å²) < 4.78 is 19.3. The van der Waals surface area contributed by atoms with Crippen molar-refractivity contribution in [1.29, 1.82) is 0 Å². The topological polar surface area (TPSA) is 79.1 Å². The first kappa shape index (κ1) is 27.2. The molecule has 194 valence electrons. The minimum atomic E-state index is -0.662. The number of hydrogen-bond acceptors (Lipinski definition) is 8. The van der Waals surface area contributed by atoms with Crippen LogP contribution in [-0.2, 0) is 9.53 Å². The van der Waals surface area contributed by atoms with Gasteiger partial charge in [0, 0.05) is 16.5 Å². The molecule has 10 heteroatoms. The Labute approximate surface area is 231 Å². The molecule has 7 nitrogen and oxygen atoms in total. The van der Waals surface area contributed by atoms with Crippen LogP contribution >= 0.6 is 39.0 Å². The van der Waals surface area contributed by atoms with Crippen LogP contribution < -0.4 is 24.4 Å². The van der Waals surface area contributed by atoms with E-state index in [9.17, 15) is 9.59 Å². The Kier molecular flexibility index (Phi) is 8.30. The molecule has 1 aliphatic heterocycles. The van der Waals surface area contributed by atoms with Crippen molar-refractivity contribution in [3.63, 3.8) is 0 Å². The highest BCUT2D eigenvalue weighted by Crippen LogP contribution is 2.34. The van der Waals surface area contributed by atoms with Crippen LogP contribution in [0.25, 0.3) is 6.08 Å². The number of carbonyl (C=O) groups excluding carboxylic acids is 1. The van der Waals surface area contributed by atoms with E-state index in [4.69, 9.17) is 14.2 Å². The second-order valence-corrected chi connectivity index (χ2v) is 11.3. The number of allylic oxidation sites excluding steroid dienone is 1. The zero-order valence-corrected chi connectivity index (χ0v) is 24.5. The van der Waals surface area contributed by atoms with E-state index in [1.807, 2.05) is 36.6 Å². The van der Waals surface area contributed by atoms with Gasteiger partial charge in [0.2, 0.25) is 0 Å². The quantitative estimate of drug-likeness (QED) is 0.288. The van der Waals surface area contributed by atoms with E-state index in [1.165, 1.54) is 11.3 Å². The summed E-state index contributed by atoms with van der Waals surface area (Å²) in [5.41, 5.74) is 2.15. The Bertz CT molecular complexity index is 1560. The summed E-state index contributed by atoms with van der Waals surface area (Å²) in [5.74, 6) is 0.700. The summed E-state index contributed by atoms with van der Waals surface area (Å²) in [6, 6.07) is 10.8. The summed E-state index contributed by atoms with van der Waals surface area (Å²) in [5, 5.41) is 0. The summed E-state index contributed by atoms with van der Waals surface area (Å²) in [6.07, 6.45) is 3.46. The van der Waals surface area contributed by atoms with Crippen molar-refractivity contribution in [1.82, 2.24) is 4.57 Å². The maximum Gasteiger partial charge on any atom is 0.338 e. The number of methoxy groups -OCH3 is 2. The number of halogens is 1. The van der Waals surface area contributed by atoms with Gasteiger partial charge >= 0.3 is 5.97 Å². The van der Waals surface area contributed by atoms with Crippen LogP contribution in [0.2, 0.25) is 0 Å². The summed E-state index contributed by atoms with van der Waals surface area (Å²) in [6.45, 7) is 5.37. The molecule has 0 saturated carbocycles. The van der Waals surface area contributed by atoms with Crippen LogP contribution in [0.5, 0.6) is 11.5 Å². The number of hydrogen-bond donors (Lipinski definition) is 0. The highest BCUT2D eigenvalue weighted by molar-refractivity contribution is 9.10. The number of nitrogens with zero attached hydrogens (tertiary/aromatic N) is 2. The fourth-order valence-corrected chi connectivity index (χ4v) is 6.07. The molecular formula is C27H27BrN2O5S2. The van der Waals surface area contributed by atoms with Crippen molar-refractivity contribution in [2.75, 3.05) is 20.5 Å². The van der Waals surface area contributed by atoms with Crippen molar-refractivity contribution in [3.05, 3.63) is 83.0 Å². The molecule has 37 heavy (non-hydrogen) atoms. The molecule has 2 aromatic carbocycles. The van der Waals surface area contributed by atoms with Crippen molar-refractivity contribution < 1.29 is 19.0 Å². The minimum absolute atomic E-state index is 0.251. The molecule has 1 aliphatic rings. The lowest BCUT2D eigenvalue weighted by atomic mass is 9.96.